The zero-order valence-electron chi connectivity index (χ0n) is 24.1. The van der Waals surface area contributed by atoms with Crippen LogP contribution in [0.3, 0.4) is 0 Å². The van der Waals surface area contributed by atoms with Gasteiger partial charge in [-0.25, -0.2) is 4.79 Å². The van der Waals surface area contributed by atoms with Gasteiger partial charge in [-0.05, 0) is 44.5 Å². The molecule has 0 aromatic heterocycles. The number of fused-ring (bicyclic) bond motifs is 3. The molecule has 0 spiro atoms. The van der Waals surface area contributed by atoms with Crippen molar-refractivity contribution >= 4 is 29.3 Å². The normalized spacial score (nSPS) is 25.2. The predicted molar refractivity (Wildman–Crippen MR) is 148 cm³/mol. The third-order valence-corrected chi connectivity index (χ3v) is 8.20. The number of nitrogens with two attached hydrogens (primary N) is 1. The molecular formula is C28H36N4O10. The molecule has 14 heteroatoms. The highest BCUT2D eigenvalue weighted by Crippen LogP contribution is 2.53. The van der Waals surface area contributed by atoms with Gasteiger partial charge in [-0.2, -0.15) is 0 Å². The van der Waals surface area contributed by atoms with E-state index in [1.807, 2.05) is 0 Å². The van der Waals surface area contributed by atoms with E-state index in [1.54, 1.807) is 39.2 Å². The monoisotopic (exact) mass is 588 g/mol. The zero-order valence-corrected chi connectivity index (χ0v) is 24.1. The first-order valence-corrected chi connectivity index (χ1v) is 13.3. The Kier molecular flexibility index (Phi) is 8.27. The molecule has 0 heterocycles. The lowest BCUT2D eigenvalue weighted by Crippen LogP contribution is -2.63. The highest BCUT2D eigenvalue weighted by Gasteiger charge is 2.63. The number of aliphatic hydroxyl groups is 3. The van der Waals surface area contributed by atoms with Crippen LogP contribution in [0.4, 0.5) is 10.5 Å². The third-order valence-electron chi connectivity index (χ3n) is 8.20. The second kappa shape index (κ2) is 11.3. The van der Waals surface area contributed by atoms with Crippen LogP contribution in [0.25, 0.3) is 0 Å². The summed E-state index contributed by atoms with van der Waals surface area (Å²) in [6.07, 6.45) is -0.644. The van der Waals surface area contributed by atoms with Crippen molar-refractivity contribution in [1.29, 1.82) is 0 Å². The summed E-state index contributed by atoms with van der Waals surface area (Å²) in [5.41, 5.74) is 2.60. The molecule has 7 N–H and O–H groups in total. The number of anilines is 1. The number of allylic oxidation sites excluding steroid dienone is 1. The van der Waals surface area contributed by atoms with E-state index in [9.17, 15) is 39.6 Å². The molecule has 0 fully saturated rings. The minimum Gasteiger partial charge on any atom is -0.510 e. The smallest absolute Gasteiger partial charge is 0.407 e. The van der Waals surface area contributed by atoms with E-state index in [4.69, 9.17) is 15.2 Å². The molecule has 4 atom stereocenters. The van der Waals surface area contributed by atoms with E-state index in [2.05, 4.69) is 5.32 Å². The number of hydrogen-bond donors (Lipinski definition) is 6. The number of benzene rings is 1. The number of carbonyl (C=O) groups excluding carboxylic acids is 4. The summed E-state index contributed by atoms with van der Waals surface area (Å²) < 4.78 is 9.82. The Bertz CT molecular complexity index is 1420. The summed E-state index contributed by atoms with van der Waals surface area (Å²) in [5.74, 6) is -7.24. The molecular weight excluding hydrogens is 552 g/mol. The van der Waals surface area contributed by atoms with E-state index in [-0.39, 0.29) is 49.3 Å². The Morgan fingerprint density at radius 1 is 1.14 bits per heavy atom. The van der Waals surface area contributed by atoms with Crippen molar-refractivity contribution in [3.05, 3.63) is 45.4 Å². The van der Waals surface area contributed by atoms with Crippen molar-refractivity contribution in [3.8, 4) is 5.75 Å². The molecule has 0 saturated heterocycles. The summed E-state index contributed by atoms with van der Waals surface area (Å²) in [6.45, 7) is 0.00294. The van der Waals surface area contributed by atoms with E-state index in [0.717, 1.165) is 0 Å². The van der Waals surface area contributed by atoms with Gasteiger partial charge < -0.3 is 45.9 Å². The fourth-order valence-electron chi connectivity index (χ4n) is 6.32. The number of Topliss-reactive ketones (excluding diaryl/α,β-unsaturated/α-hetero) is 2. The minimum absolute atomic E-state index is 0.0104. The van der Waals surface area contributed by atoms with Crippen molar-refractivity contribution in [2.24, 2.45) is 17.6 Å². The van der Waals surface area contributed by atoms with Crippen molar-refractivity contribution < 1.29 is 49.1 Å². The zero-order chi connectivity index (χ0) is 31.3. The summed E-state index contributed by atoms with van der Waals surface area (Å²) in [5, 5.41) is 47.8. The summed E-state index contributed by atoms with van der Waals surface area (Å²) >= 11 is 0. The number of phenolic OH excluding ortho intramolecular Hbond substituents is 1. The second-order valence-corrected chi connectivity index (χ2v) is 11.1. The lowest BCUT2D eigenvalue weighted by Gasteiger charge is -2.50. The molecule has 0 aliphatic heterocycles. The number of likely N-dealkylation sites (N-methyl/N-ethyl adjacent to an activating group) is 1. The number of methoxy groups -OCH3 is 1. The lowest BCUT2D eigenvalue weighted by atomic mass is 9.58. The number of phenols is 1. The SMILES string of the molecule is COCCOC(=O)NCc1cc(N(C)C)c2c(c1O)C(=O)C1=C(O)[C@]3(O)C(=O)C(C(N)=O)=C(O)[C@@H](N(C)C)[C@@H]3C[C@@H]1C2. The maximum absolute atomic E-state index is 14.0. The summed E-state index contributed by atoms with van der Waals surface area (Å²) in [7, 11) is 8.08. The van der Waals surface area contributed by atoms with Gasteiger partial charge in [0.1, 0.15) is 29.4 Å². The molecule has 4 rings (SSSR count). The Morgan fingerprint density at radius 3 is 2.38 bits per heavy atom. The van der Waals surface area contributed by atoms with Gasteiger partial charge in [0.2, 0.25) is 5.78 Å². The van der Waals surface area contributed by atoms with Crippen LogP contribution in [0.1, 0.15) is 27.9 Å². The molecule has 42 heavy (non-hydrogen) atoms. The maximum Gasteiger partial charge on any atom is 0.407 e. The maximum atomic E-state index is 14.0. The van der Waals surface area contributed by atoms with E-state index < -0.39 is 69.9 Å². The van der Waals surface area contributed by atoms with Crippen LogP contribution in [0.5, 0.6) is 5.75 Å². The van der Waals surface area contributed by atoms with Crippen LogP contribution < -0.4 is 16.0 Å². The number of hydrogen-bond acceptors (Lipinski definition) is 12. The number of ether oxygens (including phenoxy) is 2. The van der Waals surface area contributed by atoms with Crippen molar-refractivity contribution in [3.63, 3.8) is 0 Å². The van der Waals surface area contributed by atoms with Gasteiger partial charge in [0, 0.05) is 50.5 Å². The van der Waals surface area contributed by atoms with Crippen LogP contribution in [0.15, 0.2) is 28.7 Å². The number of primary amides is 1. The second-order valence-electron chi connectivity index (χ2n) is 11.1. The van der Waals surface area contributed by atoms with Gasteiger partial charge in [0.05, 0.1) is 18.2 Å². The van der Waals surface area contributed by atoms with Crippen LogP contribution in [0.2, 0.25) is 0 Å². The molecule has 0 saturated carbocycles. The predicted octanol–water partition coefficient (Wildman–Crippen LogP) is 0.0592. The largest absolute Gasteiger partial charge is 0.510 e. The van der Waals surface area contributed by atoms with Crippen LogP contribution >= 0.6 is 0 Å². The summed E-state index contributed by atoms with van der Waals surface area (Å²) in [4.78, 5) is 54.9. The Hall–Kier alpha value is -4.14. The van der Waals surface area contributed by atoms with Crippen LogP contribution in [-0.4, -0.2) is 109 Å². The van der Waals surface area contributed by atoms with Crippen LogP contribution in [0, 0.1) is 11.8 Å². The van der Waals surface area contributed by atoms with Gasteiger partial charge in [0.15, 0.2) is 11.4 Å². The third kappa shape index (κ3) is 4.74. The number of alkyl carbamates (subject to hydrolysis) is 1. The fraction of sp³-hybridized carbons (Fsp3) is 0.500. The first-order chi connectivity index (χ1) is 19.7. The minimum atomic E-state index is -2.73. The standard InChI is InChI=1S/C28H36N4O10/c1-31(2)16-10-13(11-30-27(39)42-7-6-41-5)21(33)18-14(16)8-12-9-15-20(32(3)4)23(35)19(26(29)38)25(37)28(15,40)24(36)17(12)22(18)34/h10,12,15,20,33,35-36,40H,6-9,11H2,1-5H3,(H2,29,38)(H,30,39)/t12-,15-,20-,28-/m0/s1. The van der Waals surface area contributed by atoms with Crippen LogP contribution in [-0.2, 0) is 32.0 Å². The Morgan fingerprint density at radius 2 is 1.81 bits per heavy atom. The summed E-state index contributed by atoms with van der Waals surface area (Å²) in [6, 6.07) is 0.555. The highest BCUT2D eigenvalue weighted by atomic mass is 16.6. The van der Waals surface area contributed by atoms with E-state index >= 15 is 0 Å². The molecule has 0 unspecified atom stereocenters. The molecule has 1 aromatic carbocycles. The van der Waals surface area contributed by atoms with Gasteiger partial charge in [0.25, 0.3) is 5.91 Å². The van der Waals surface area contributed by atoms with Gasteiger partial charge in [-0.3, -0.25) is 19.3 Å². The quantitative estimate of drug-likeness (QED) is 0.176. The first kappa shape index (κ1) is 30.8. The molecule has 1 aromatic rings. The molecule has 0 bridgehead atoms. The molecule has 14 nitrogen and oxygen atoms in total. The number of aliphatic hydroxyl groups excluding tert-OH is 2. The number of carbonyl (C=O) groups is 4. The number of nitrogens with one attached hydrogen (secondary N) is 1. The van der Waals surface area contributed by atoms with Gasteiger partial charge in [-0.1, -0.05) is 0 Å². The molecule has 3 aliphatic rings. The molecule has 0 radical (unpaired) electrons. The Balaban J connectivity index is 1.83. The number of amides is 2. The molecule has 2 amide bonds. The average Bonchev–Trinajstić information content (AvgIpc) is 2.89. The van der Waals surface area contributed by atoms with E-state index in [1.165, 1.54) is 12.0 Å². The topological polar surface area (TPSA) is 212 Å². The number of nitrogens with zero attached hydrogens (tertiary/aromatic N) is 2. The van der Waals surface area contributed by atoms with Gasteiger partial charge >= 0.3 is 6.09 Å². The highest BCUT2D eigenvalue weighted by molar-refractivity contribution is 6.25. The lowest BCUT2D eigenvalue weighted by molar-refractivity contribution is -0.148. The number of ketones is 2. The van der Waals surface area contributed by atoms with Crippen molar-refractivity contribution in [2.45, 2.75) is 31.0 Å². The Labute approximate surface area is 242 Å². The van der Waals surface area contributed by atoms with Crippen molar-refractivity contribution in [1.82, 2.24) is 10.2 Å². The number of rotatable bonds is 8. The van der Waals surface area contributed by atoms with E-state index in [0.29, 0.717) is 11.3 Å². The fourth-order valence-corrected chi connectivity index (χ4v) is 6.32. The van der Waals surface area contributed by atoms with Gasteiger partial charge in [-0.15, -0.1) is 0 Å². The average molecular weight is 589 g/mol. The molecule has 3 aliphatic carbocycles. The first-order valence-electron chi connectivity index (χ1n) is 13.3. The number of aromatic hydroxyl groups is 1. The molecule has 228 valence electrons. The van der Waals surface area contributed by atoms with Crippen molar-refractivity contribution in [2.75, 3.05) is 53.4 Å².